The van der Waals surface area contributed by atoms with Crippen LogP contribution in [0.4, 0.5) is 5.69 Å². The van der Waals surface area contributed by atoms with E-state index in [4.69, 9.17) is 0 Å². The highest BCUT2D eigenvalue weighted by molar-refractivity contribution is 7.99. The molecule has 0 aliphatic heterocycles. The Bertz CT molecular complexity index is 1390. The lowest BCUT2D eigenvalue weighted by Gasteiger charge is -2.23. The minimum atomic E-state index is -0.209. The molecule has 0 atom stereocenters. The molecule has 0 fully saturated rings. The first-order valence-electron chi connectivity index (χ1n) is 10.7. The minimum Gasteiger partial charge on any atom is -0.325 e. The Morgan fingerprint density at radius 3 is 2.55 bits per heavy atom. The fourth-order valence-electron chi connectivity index (χ4n) is 3.62. The zero-order valence-corrected chi connectivity index (χ0v) is 19.9. The molecule has 168 valence electrons. The van der Waals surface area contributed by atoms with Crippen molar-refractivity contribution in [1.82, 2.24) is 14.5 Å². The molecule has 0 saturated heterocycles. The molecule has 33 heavy (non-hydrogen) atoms. The zero-order valence-electron chi connectivity index (χ0n) is 19.1. The van der Waals surface area contributed by atoms with Crippen LogP contribution < -0.4 is 10.9 Å². The van der Waals surface area contributed by atoms with Gasteiger partial charge in [0.1, 0.15) is 5.82 Å². The molecule has 2 aromatic carbocycles. The number of aromatic nitrogens is 3. The van der Waals surface area contributed by atoms with Crippen LogP contribution in [0.3, 0.4) is 0 Å². The van der Waals surface area contributed by atoms with Crippen LogP contribution in [-0.2, 0) is 10.2 Å². The Hall–Kier alpha value is -3.45. The fraction of sp³-hybridized carbons (Fsp3) is 0.231. The molecule has 2 heterocycles. The number of carbonyl (C=O) groups is 1. The maximum atomic E-state index is 13.3. The van der Waals surface area contributed by atoms with Crippen molar-refractivity contribution in [3.8, 4) is 5.82 Å². The molecule has 0 radical (unpaired) electrons. The number of hydrogen-bond acceptors (Lipinski definition) is 5. The summed E-state index contributed by atoms with van der Waals surface area (Å²) in [7, 11) is 0. The van der Waals surface area contributed by atoms with E-state index in [1.807, 2.05) is 55.5 Å². The van der Waals surface area contributed by atoms with Crippen LogP contribution in [0.5, 0.6) is 0 Å². The summed E-state index contributed by atoms with van der Waals surface area (Å²) in [5.41, 5.74) is 3.11. The number of pyridine rings is 1. The summed E-state index contributed by atoms with van der Waals surface area (Å²) in [6.45, 7) is 8.27. The molecule has 0 saturated carbocycles. The second-order valence-corrected chi connectivity index (χ2v) is 9.82. The van der Waals surface area contributed by atoms with Crippen LogP contribution >= 0.6 is 11.8 Å². The van der Waals surface area contributed by atoms with Crippen molar-refractivity contribution in [3.05, 3.63) is 88.3 Å². The molecule has 0 unspecified atom stereocenters. The molecule has 6 nitrogen and oxygen atoms in total. The smallest absolute Gasteiger partial charge is 0.267 e. The summed E-state index contributed by atoms with van der Waals surface area (Å²) in [5.74, 6) is 0.428. The molecule has 2 aromatic heterocycles. The van der Waals surface area contributed by atoms with Crippen LogP contribution in [0, 0.1) is 6.92 Å². The molecule has 0 spiro atoms. The van der Waals surface area contributed by atoms with E-state index in [1.165, 1.54) is 16.3 Å². The Morgan fingerprint density at radius 2 is 1.79 bits per heavy atom. The van der Waals surface area contributed by atoms with Gasteiger partial charge in [-0.2, -0.15) is 0 Å². The molecule has 1 N–H and O–H groups in total. The van der Waals surface area contributed by atoms with Gasteiger partial charge in [-0.05, 0) is 53.8 Å². The highest BCUT2D eigenvalue weighted by Gasteiger charge is 2.20. The predicted octanol–water partition coefficient (Wildman–Crippen LogP) is 5.12. The monoisotopic (exact) mass is 458 g/mol. The second kappa shape index (κ2) is 9.19. The van der Waals surface area contributed by atoms with Gasteiger partial charge in [-0.1, -0.05) is 62.9 Å². The standard InChI is InChI=1S/C26H26N4O2S/c1-17-13-14-27-22(15-17)30-24(32)18-9-5-7-11-20(18)29-25(30)33-16-23(31)28-21-12-8-6-10-19(21)26(2,3)4/h5-15H,16H2,1-4H3,(H,28,31). The average Bonchev–Trinajstić information content (AvgIpc) is 2.77. The van der Waals surface area contributed by atoms with Gasteiger partial charge in [0.15, 0.2) is 5.16 Å². The van der Waals surface area contributed by atoms with Gasteiger partial charge in [-0.3, -0.25) is 9.59 Å². The number of rotatable bonds is 5. The van der Waals surface area contributed by atoms with Gasteiger partial charge < -0.3 is 5.32 Å². The van der Waals surface area contributed by atoms with Crippen molar-refractivity contribution in [2.45, 2.75) is 38.3 Å². The number of fused-ring (bicyclic) bond motifs is 1. The summed E-state index contributed by atoms with van der Waals surface area (Å²) in [6, 6.07) is 18.7. The second-order valence-electron chi connectivity index (χ2n) is 8.88. The number of benzene rings is 2. The maximum absolute atomic E-state index is 13.3. The van der Waals surface area contributed by atoms with Gasteiger partial charge in [0, 0.05) is 11.9 Å². The minimum absolute atomic E-state index is 0.103. The number of para-hydroxylation sites is 2. The van der Waals surface area contributed by atoms with Crippen LogP contribution in [0.2, 0.25) is 0 Å². The topological polar surface area (TPSA) is 76.9 Å². The van der Waals surface area contributed by atoms with Crippen molar-refractivity contribution in [2.24, 2.45) is 0 Å². The van der Waals surface area contributed by atoms with Gasteiger partial charge in [-0.25, -0.2) is 14.5 Å². The van der Waals surface area contributed by atoms with Crippen LogP contribution in [0.15, 0.2) is 76.8 Å². The van der Waals surface area contributed by atoms with E-state index in [2.05, 4.69) is 36.1 Å². The summed E-state index contributed by atoms with van der Waals surface area (Å²) >= 11 is 1.22. The molecule has 1 amide bonds. The Morgan fingerprint density at radius 1 is 1.06 bits per heavy atom. The molecule has 4 rings (SSSR count). The quantitative estimate of drug-likeness (QED) is 0.332. The molecule has 4 aromatic rings. The number of anilines is 1. The van der Waals surface area contributed by atoms with E-state index in [0.717, 1.165) is 16.8 Å². The third-order valence-corrected chi connectivity index (χ3v) is 6.16. The first-order chi connectivity index (χ1) is 15.7. The lowest BCUT2D eigenvalue weighted by molar-refractivity contribution is -0.113. The number of aryl methyl sites for hydroxylation is 1. The van der Waals surface area contributed by atoms with Crippen LogP contribution in [-0.4, -0.2) is 26.2 Å². The van der Waals surface area contributed by atoms with Gasteiger partial charge in [0.05, 0.1) is 16.7 Å². The highest BCUT2D eigenvalue weighted by Crippen LogP contribution is 2.29. The number of nitrogens with zero attached hydrogens (tertiary/aromatic N) is 3. The largest absolute Gasteiger partial charge is 0.325 e. The SMILES string of the molecule is Cc1ccnc(-n2c(SCC(=O)Nc3ccccc3C(C)(C)C)nc3ccccc3c2=O)c1. The van der Waals surface area contributed by atoms with E-state index in [0.29, 0.717) is 21.9 Å². The summed E-state index contributed by atoms with van der Waals surface area (Å²) in [5, 5.41) is 3.95. The lowest BCUT2D eigenvalue weighted by Crippen LogP contribution is -2.24. The van der Waals surface area contributed by atoms with E-state index < -0.39 is 0 Å². The Kier molecular flexibility index (Phi) is 6.33. The van der Waals surface area contributed by atoms with Crippen molar-refractivity contribution in [2.75, 3.05) is 11.1 Å². The normalized spacial score (nSPS) is 11.5. The first kappa shape index (κ1) is 22.7. The molecule has 0 aliphatic carbocycles. The number of amides is 1. The van der Waals surface area contributed by atoms with Crippen LogP contribution in [0.1, 0.15) is 31.9 Å². The van der Waals surface area contributed by atoms with E-state index >= 15 is 0 Å². The molecular formula is C26H26N4O2S. The van der Waals surface area contributed by atoms with E-state index in [9.17, 15) is 9.59 Å². The van der Waals surface area contributed by atoms with E-state index in [1.54, 1.807) is 18.3 Å². The maximum Gasteiger partial charge on any atom is 0.267 e. The molecule has 0 bridgehead atoms. The van der Waals surface area contributed by atoms with Crippen molar-refractivity contribution >= 4 is 34.3 Å². The summed E-state index contributed by atoms with van der Waals surface area (Å²) in [4.78, 5) is 35.2. The number of thioether (sulfide) groups is 1. The average molecular weight is 459 g/mol. The Labute approximate surface area is 197 Å². The fourth-order valence-corrected chi connectivity index (χ4v) is 4.42. The zero-order chi connectivity index (χ0) is 23.6. The third kappa shape index (κ3) is 4.98. The van der Waals surface area contributed by atoms with Crippen molar-refractivity contribution < 1.29 is 4.79 Å². The molecule has 0 aliphatic rings. The Balaban J connectivity index is 1.66. The van der Waals surface area contributed by atoms with Crippen molar-refractivity contribution in [3.63, 3.8) is 0 Å². The van der Waals surface area contributed by atoms with Gasteiger partial charge in [0.25, 0.3) is 5.56 Å². The highest BCUT2D eigenvalue weighted by atomic mass is 32.2. The van der Waals surface area contributed by atoms with Gasteiger partial charge in [0.2, 0.25) is 5.91 Å². The van der Waals surface area contributed by atoms with Gasteiger partial charge >= 0.3 is 0 Å². The number of nitrogens with one attached hydrogen (secondary N) is 1. The summed E-state index contributed by atoms with van der Waals surface area (Å²) in [6.07, 6.45) is 1.66. The van der Waals surface area contributed by atoms with Gasteiger partial charge in [-0.15, -0.1) is 0 Å². The van der Waals surface area contributed by atoms with E-state index in [-0.39, 0.29) is 22.6 Å². The summed E-state index contributed by atoms with van der Waals surface area (Å²) < 4.78 is 1.48. The molecular weight excluding hydrogens is 432 g/mol. The van der Waals surface area contributed by atoms with Crippen molar-refractivity contribution in [1.29, 1.82) is 0 Å². The predicted molar refractivity (Wildman–Crippen MR) is 134 cm³/mol. The number of carbonyl (C=O) groups excluding carboxylic acids is 1. The lowest BCUT2D eigenvalue weighted by atomic mass is 9.86. The first-order valence-corrected chi connectivity index (χ1v) is 11.7. The number of hydrogen-bond donors (Lipinski definition) is 1. The molecule has 7 heteroatoms. The van der Waals surface area contributed by atoms with Crippen LogP contribution in [0.25, 0.3) is 16.7 Å². The third-order valence-electron chi connectivity index (χ3n) is 5.22.